The van der Waals surface area contributed by atoms with Crippen LogP contribution in [0.3, 0.4) is 0 Å². The number of nitro groups is 3. The molecule has 0 radical (unpaired) electrons. The second kappa shape index (κ2) is 8.14. The Morgan fingerprint density at radius 3 is 2.03 bits per heavy atom. The van der Waals surface area contributed by atoms with Crippen LogP contribution in [0.15, 0.2) is 78.6 Å². The molecule has 2 heterocycles. The maximum Gasteiger partial charge on any atom is 0.339 e. The lowest BCUT2D eigenvalue weighted by Crippen LogP contribution is -2.47. The minimum absolute atomic E-state index is 0.0548. The van der Waals surface area contributed by atoms with Crippen LogP contribution >= 0.6 is 0 Å². The fraction of sp³-hybridized carbons (Fsp3) is 0.0769. The Morgan fingerprint density at radius 2 is 1.38 bits per heavy atom. The van der Waals surface area contributed by atoms with Crippen molar-refractivity contribution in [3.05, 3.63) is 131 Å². The lowest BCUT2D eigenvalue weighted by molar-refractivity contribution is -0.403. The molecule has 0 aromatic heterocycles. The van der Waals surface area contributed by atoms with Crippen LogP contribution in [0.5, 0.6) is 5.75 Å². The van der Waals surface area contributed by atoms with E-state index in [2.05, 4.69) is 0 Å². The monoisotopic (exact) mass is 527 g/mol. The molecule has 6 rings (SSSR count). The molecule has 39 heavy (non-hydrogen) atoms. The highest BCUT2D eigenvalue weighted by molar-refractivity contribution is 6.26. The molecule has 192 valence electrons. The summed E-state index contributed by atoms with van der Waals surface area (Å²) in [7, 11) is 0. The minimum Gasteiger partial charge on any atom is -0.460 e. The third-order valence-corrected chi connectivity index (χ3v) is 6.90. The first-order chi connectivity index (χ1) is 18.6. The number of carbonyl (C=O) groups is 2. The number of rotatable bonds is 4. The first kappa shape index (κ1) is 23.7. The van der Waals surface area contributed by atoms with Gasteiger partial charge in [-0.1, -0.05) is 36.4 Å². The third-order valence-electron chi connectivity index (χ3n) is 6.90. The SMILES string of the molecule is O=C1OC2(c3ccccc3OC3=CC=C(c4c([N+](=O)[O-])cc([N+](=O)[O-])cc4[N+](=O)[O-])C(=O)C32)c2ccccc21. The van der Waals surface area contributed by atoms with Crippen LogP contribution in [-0.2, 0) is 15.1 Å². The number of fused-ring (bicyclic) bond motifs is 6. The van der Waals surface area contributed by atoms with Gasteiger partial charge in [-0.2, -0.15) is 0 Å². The Hall–Kier alpha value is -5.72. The molecule has 1 spiro atoms. The Balaban J connectivity index is 1.63. The molecule has 0 N–H and O–H groups in total. The van der Waals surface area contributed by atoms with Gasteiger partial charge in [0, 0.05) is 16.7 Å². The number of Topliss-reactive ketones (excluding diaryl/α,β-unsaturated/α-hetero) is 1. The first-order valence-corrected chi connectivity index (χ1v) is 11.3. The number of carbonyl (C=O) groups excluding carboxylic acids is 2. The fourth-order valence-electron chi connectivity index (χ4n) is 5.38. The lowest BCUT2D eigenvalue weighted by atomic mass is 9.68. The molecule has 13 heteroatoms. The summed E-state index contributed by atoms with van der Waals surface area (Å²) < 4.78 is 11.9. The largest absolute Gasteiger partial charge is 0.460 e. The van der Waals surface area contributed by atoms with Gasteiger partial charge in [-0.25, -0.2) is 4.79 Å². The molecule has 3 aromatic carbocycles. The standard InChI is InChI=1S/C26H13N3O10/c30-24-15(22-18(28(34)35)11-13(27(32)33)12-19(22)29(36)37)9-10-21-23(24)26(17-7-3-4-8-20(17)38-21)16-6-2-1-5-14(16)25(31)39-26/h1-12,23H. The number of hydrogen-bond donors (Lipinski definition) is 0. The van der Waals surface area contributed by atoms with Gasteiger partial charge in [-0.05, 0) is 24.3 Å². The van der Waals surface area contributed by atoms with E-state index in [1.165, 1.54) is 12.1 Å². The van der Waals surface area contributed by atoms with E-state index in [-0.39, 0.29) is 11.3 Å². The van der Waals surface area contributed by atoms with E-state index in [0.29, 0.717) is 29.0 Å². The van der Waals surface area contributed by atoms with Gasteiger partial charge >= 0.3 is 5.97 Å². The van der Waals surface area contributed by atoms with Gasteiger partial charge < -0.3 is 9.47 Å². The average Bonchev–Trinajstić information content (AvgIpc) is 3.20. The van der Waals surface area contributed by atoms with E-state index >= 15 is 0 Å². The molecule has 0 fully saturated rings. The third kappa shape index (κ3) is 3.19. The Bertz CT molecular complexity index is 1720. The van der Waals surface area contributed by atoms with Crippen molar-refractivity contribution in [2.75, 3.05) is 0 Å². The average molecular weight is 527 g/mol. The normalized spacial score (nSPS) is 20.6. The number of nitro benzene ring substituents is 3. The zero-order valence-electron chi connectivity index (χ0n) is 19.4. The van der Waals surface area contributed by atoms with Crippen LogP contribution in [0.1, 0.15) is 27.0 Å². The van der Waals surface area contributed by atoms with E-state index < -0.39 is 66.2 Å². The van der Waals surface area contributed by atoms with Crippen molar-refractivity contribution in [3.63, 3.8) is 0 Å². The van der Waals surface area contributed by atoms with Gasteiger partial charge in [0.25, 0.3) is 17.1 Å². The molecule has 0 saturated heterocycles. The topological polar surface area (TPSA) is 182 Å². The molecule has 1 aliphatic carbocycles. The van der Waals surface area contributed by atoms with Gasteiger partial charge in [0.15, 0.2) is 11.4 Å². The number of nitrogens with zero attached hydrogens (tertiary/aromatic N) is 3. The molecular formula is C26H13N3O10. The molecule has 2 unspecified atom stereocenters. The summed E-state index contributed by atoms with van der Waals surface area (Å²) in [5.41, 5.74) is -4.90. The number of non-ortho nitro benzene ring substituents is 1. The number of ether oxygens (including phenoxy) is 2. The molecular weight excluding hydrogens is 514 g/mol. The summed E-state index contributed by atoms with van der Waals surface area (Å²) in [6.07, 6.45) is 2.45. The van der Waals surface area contributed by atoms with Crippen molar-refractivity contribution >= 4 is 34.4 Å². The van der Waals surface area contributed by atoms with Crippen LogP contribution in [0.4, 0.5) is 17.1 Å². The predicted molar refractivity (Wildman–Crippen MR) is 131 cm³/mol. The maximum atomic E-state index is 14.3. The van der Waals surface area contributed by atoms with Crippen molar-refractivity contribution in [3.8, 4) is 5.75 Å². The van der Waals surface area contributed by atoms with Crippen LogP contribution in [0, 0.1) is 36.3 Å². The number of hydrogen-bond acceptors (Lipinski definition) is 10. The van der Waals surface area contributed by atoms with Gasteiger partial charge in [-0.15, -0.1) is 0 Å². The van der Waals surface area contributed by atoms with E-state index in [9.17, 15) is 39.9 Å². The fourth-order valence-corrected chi connectivity index (χ4v) is 5.38. The van der Waals surface area contributed by atoms with Crippen LogP contribution in [-0.4, -0.2) is 26.5 Å². The summed E-state index contributed by atoms with van der Waals surface area (Å²) in [5, 5.41) is 35.2. The Labute approximate surface area is 217 Å². The van der Waals surface area contributed by atoms with Crippen molar-refractivity contribution in [2.45, 2.75) is 5.60 Å². The highest BCUT2D eigenvalue weighted by Crippen LogP contribution is 2.57. The summed E-state index contributed by atoms with van der Waals surface area (Å²) in [5.74, 6) is -2.63. The van der Waals surface area contributed by atoms with Crippen molar-refractivity contribution in [1.29, 1.82) is 0 Å². The van der Waals surface area contributed by atoms with Crippen molar-refractivity contribution < 1.29 is 33.8 Å². The first-order valence-electron chi connectivity index (χ1n) is 11.3. The van der Waals surface area contributed by atoms with Gasteiger partial charge in [0.1, 0.15) is 23.0 Å². The summed E-state index contributed by atoms with van der Waals surface area (Å²) in [6, 6.07) is 14.1. The molecule has 2 aliphatic heterocycles. The number of allylic oxidation sites excluding steroid dienone is 3. The van der Waals surface area contributed by atoms with Crippen LogP contribution in [0.25, 0.3) is 5.57 Å². The van der Waals surface area contributed by atoms with E-state index in [4.69, 9.17) is 9.47 Å². The quantitative estimate of drug-likeness (QED) is 0.268. The van der Waals surface area contributed by atoms with Gasteiger partial charge in [0.2, 0.25) is 0 Å². The lowest BCUT2D eigenvalue weighted by Gasteiger charge is -2.42. The number of esters is 1. The molecule has 13 nitrogen and oxygen atoms in total. The molecule has 3 aromatic rings. The smallest absolute Gasteiger partial charge is 0.339 e. The highest BCUT2D eigenvalue weighted by Gasteiger charge is 2.61. The molecule has 0 saturated carbocycles. The summed E-state index contributed by atoms with van der Waals surface area (Å²) in [4.78, 5) is 59.4. The highest BCUT2D eigenvalue weighted by atomic mass is 16.6. The van der Waals surface area contributed by atoms with E-state index in [0.717, 1.165) is 6.08 Å². The number of para-hydroxylation sites is 1. The summed E-state index contributed by atoms with van der Waals surface area (Å²) in [6.45, 7) is 0. The zero-order valence-corrected chi connectivity index (χ0v) is 19.4. The van der Waals surface area contributed by atoms with Crippen molar-refractivity contribution in [2.24, 2.45) is 5.92 Å². The van der Waals surface area contributed by atoms with E-state index in [1.54, 1.807) is 42.5 Å². The van der Waals surface area contributed by atoms with Crippen molar-refractivity contribution in [1.82, 2.24) is 0 Å². The Kier molecular flexibility index (Phi) is 4.94. The zero-order chi connectivity index (χ0) is 27.6. The van der Waals surface area contributed by atoms with Gasteiger partial charge in [0.05, 0.1) is 32.5 Å². The number of benzene rings is 3. The summed E-state index contributed by atoms with van der Waals surface area (Å²) >= 11 is 0. The second-order valence-electron chi connectivity index (χ2n) is 8.85. The second-order valence-corrected chi connectivity index (χ2v) is 8.85. The van der Waals surface area contributed by atoms with E-state index in [1.807, 2.05) is 0 Å². The van der Waals surface area contributed by atoms with Crippen LogP contribution < -0.4 is 4.74 Å². The predicted octanol–water partition coefficient (Wildman–Crippen LogP) is 4.38. The molecule has 2 atom stereocenters. The minimum atomic E-state index is -1.74. The Morgan fingerprint density at radius 1 is 0.769 bits per heavy atom. The van der Waals surface area contributed by atoms with Gasteiger partial charge in [-0.3, -0.25) is 35.1 Å². The molecule has 0 bridgehead atoms. The maximum absolute atomic E-state index is 14.3. The van der Waals surface area contributed by atoms with Crippen LogP contribution in [0.2, 0.25) is 0 Å². The molecule has 3 aliphatic rings. The molecule has 0 amide bonds. The number of ketones is 1.